The number of sulfonamides is 1. The van der Waals surface area contributed by atoms with Gasteiger partial charge in [0.25, 0.3) is 5.69 Å². The number of nitrogens with zero attached hydrogens (tertiary/aromatic N) is 1. The van der Waals surface area contributed by atoms with Gasteiger partial charge in [0.05, 0.1) is 9.82 Å². The smallest absolute Gasteiger partial charge is 0.289 e. The summed E-state index contributed by atoms with van der Waals surface area (Å²) in [7, 11) is -3.86. The molecule has 0 aliphatic heterocycles. The number of carbonyl (C=O) groups is 1. The highest BCUT2D eigenvalue weighted by Crippen LogP contribution is 2.26. The van der Waals surface area contributed by atoms with Crippen LogP contribution in [0.1, 0.15) is 19.3 Å². The third-order valence-corrected chi connectivity index (χ3v) is 4.34. The summed E-state index contributed by atoms with van der Waals surface area (Å²) in [6.07, 6.45) is 1.06. The quantitative estimate of drug-likeness (QED) is 0.418. The second kappa shape index (κ2) is 7.34. The number of halogens is 1. The first kappa shape index (κ1) is 17.3. The first-order valence-corrected chi connectivity index (χ1v) is 7.82. The number of rotatable bonds is 8. The lowest BCUT2D eigenvalue weighted by Gasteiger charge is -2.06. The van der Waals surface area contributed by atoms with Crippen LogP contribution in [-0.4, -0.2) is 25.8 Å². The van der Waals surface area contributed by atoms with Crippen molar-refractivity contribution >= 4 is 33.2 Å². The lowest BCUT2D eigenvalue weighted by molar-refractivity contribution is -0.384. The molecule has 3 N–H and O–H groups in total. The van der Waals surface area contributed by atoms with Crippen molar-refractivity contribution in [1.29, 1.82) is 0 Å². The molecule has 0 bridgehead atoms. The minimum absolute atomic E-state index is 0.103. The zero-order valence-corrected chi connectivity index (χ0v) is 12.5. The van der Waals surface area contributed by atoms with Gasteiger partial charge in [-0.25, -0.2) is 13.1 Å². The van der Waals surface area contributed by atoms with Gasteiger partial charge < -0.3 is 5.73 Å². The van der Waals surface area contributed by atoms with Gasteiger partial charge in [-0.05, 0) is 25.0 Å². The summed E-state index contributed by atoms with van der Waals surface area (Å²) in [5.74, 6) is -0.453. The van der Waals surface area contributed by atoms with Crippen LogP contribution in [0.15, 0.2) is 23.1 Å². The van der Waals surface area contributed by atoms with Crippen molar-refractivity contribution < 1.29 is 18.1 Å². The van der Waals surface area contributed by atoms with Gasteiger partial charge in [-0.3, -0.25) is 14.9 Å². The topological polar surface area (TPSA) is 132 Å². The molecular formula is C11H14ClN3O5S. The van der Waals surface area contributed by atoms with Gasteiger partial charge in [-0.1, -0.05) is 11.6 Å². The molecule has 116 valence electrons. The van der Waals surface area contributed by atoms with Crippen LogP contribution in [0, 0.1) is 10.1 Å². The van der Waals surface area contributed by atoms with Gasteiger partial charge in [0.2, 0.25) is 15.9 Å². The van der Waals surface area contributed by atoms with Crippen LogP contribution in [0.25, 0.3) is 0 Å². The number of unbranched alkanes of at least 4 members (excludes halogenated alkanes) is 1. The molecule has 1 aromatic carbocycles. The number of hydrogen-bond acceptors (Lipinski definition) is 5. The summed E-state index contributed by atoms with van der Waals surface area (Å²) in [6, 6.07) is 3.23. The summed E-state index contributed by atoms with van der Waals surface area (Å²) in [6.45, 7) is 0.103. The summed E-state index contributed by atoms with van der Waals surface area (Å²) < 4.78 is 26.2. The third-order valence-electron chi connectivity index (χ3n) is 2.57. The van der Waals surface area contributed by atoms with E-state index in [2.05, 4.69) is 4.72 Å². The zero-order valence-electron chi connectivity index (χ0n) is 10.9. The Morgan fingerprint density at radius 3 is 2.62 bits per heavy atom. The largest absolute Gasteiger partial charge is 0.370 e. The highest BCUT2D eigenvalue weighted by molar-refractivity contribution is 7.89. The van der Waals surface area contributed by atoms with E-state index in [-0.39, 0.29) is 22.9 Å². The fourth-order valence-corrected chi connectivity index (χ4v) is 2.79. The molecule has 1 aromatic rings. The van der Waals surface area contributed by atoms with Gasteiger partial charge >= 0.3 is 0 Å². The van der Waals surface area contributed by atoms with Crippen molar-refractivity contribution in [3.8, 4) is 0 Å². The minimum atomic E-state index is -3.86. The average Bonchev–Trinajstić information content (AvgIpc) is 2.37. The number of amides is 1. The van der Waals surface area contributed by atoms with E-state index >= 15 is 0 Å². The van der Waals surface area contributed by atoms with E-state index < -0.39 is 26.5 Å². The van der Waals surface area contributed by atoms with Crippen molar-refractivity contribution in [3.63, 3.8) is 0 Å². The number of carbonyl (C=O) groups excluding carboxylic acids is 1. The molecule has 0 spiro atoms. The fourth-order valence-electron chi connectivity index (χ4n) is 1.51. The molecule has 0 atom stereocenters. The lowest BCUT2D eigenvalue weighted by atomic mass is 10.2. The molecule has 0 radical (unpaired) electrons. The number of nitrogens with one attached hydrogen (secondary N) is 1. The van der Waals surface area contributed by atoms with Crippen molar-refractivity contribution in [2.24, 2.45) is 5.73 Å². The summed E-state index contributed by atoms with van der Waals surface area (Å²) in [5, 5.41) is 10.6. The Kier molecular flexibility index (Phi) is 6.06. The molecule has 0 fully saturated rings. The van der Waals surface area contributed by atoms with E-state index in [9.17, 15) is 23.3 Å². The van der Waals surface area contributed by atoms with Gasteiger partial charge in [0.1, 0.15) is 5.02 Å². The van der Waals surface area contributed by atoms with E-state index in [0.717, 1.165) is 12.1 Å². The number of nitrogens with two attached hydrogens (primary N) is 1. The maximum absolute atomic E-state index is 11.9. The highest BCUT2D eigenvalue weighted by atomic mass is 35.5. The molecule has 1 amide bonds. The van der Waals surface area contributed by atoms with Crippen LogP contribution in [0.3, 0.4) is 0 Å². The average molecular weight is 336 g/mol. The standard InChI is InChI=1S/C11H14ClN3O5S/c12-9-5-4-8(7-10(9)15(17)18)21(19,20)14-6-2-1-3-11(13)16/h4-5,7,14H,1-3,6H2,(H2,13,16). The first-order valence-electron chi connectivity index (χ1n) is 5.96. The van der Waals surface area contributed by atoms with Crippen LogP contribution in [0.5, 0.6) is 0 Å². The van der Waals surface area contributed by atoms with Crippen LogP contribution in [0.4, 0.5) is 5.69 Å². The summed E-state index contributed by atoms with van der Waals surface area (Å²) in [4.78, 5) is 20.2. The molecule has 0 aromatic heterocycles. The predicted molar refractivity (Wildman–Crippen MR) is 76.3 cm³/mol. The summed E-state index contributed by atoms with van der Waals surface area (Å²) >= 11 is 5.62. The lowest BCUT2D eigenvalue weighted by Crippen LogP contribution is -2.25. The van der Waals surface area contributed by atoms with Crippen LogP contribution >= 0.6 is 11.6 Å². The molecule has 8 nitrogen and oxygen atoms in total. The van der Waals surface area contributed by atoms with Gasteiger partial charge in [-0.2, -0.15) is 0 Å². The molecule has 0 saturated heterocycles. The number of benzene rings is 1. The van der Waals surface area contributed by atoms with E-state index in [1.165, 1.54) is 6.07 Å². The van der Waals surface area contributed by atoms with Crippen LogP contribution < -0.4 is 10.5 Å². The second-order valence-corrected chi connectivity index (χ2v) is 6.37. The highest BCUT2D eigenvalue weighted by Gasteiger charge is 2.20. The fraction of sp³-hybridized carbons (Fsp3) is 0.364. The van der Waals surface area contributed by atoms with E-state index in [1.54, 1.807) is 0 Å². The Hall–Kier alpha value is -1.71. The van der Waals surface area contributed by atoms with Crippen molar-refractivity contribution in [1.82, 2.24) is 4.72 Å². The molecule has 0 aliphatic rings. The molecule has 10 heteroatoms. The van der Waals surface area contributed by atoms with Crippen LogP contribution in [0.2, 0.25) is 5.02 Å². The number of nitro groups is 1. The third kappa shape index (κ3) is 5.29. The molecule has 0 aliphatic carbocycles. The van der Waals surface area contributed by atoms with Crippen molar-refractivity contribution in [2.45, 2.75) is 24.2 Å². The molecule has 0 heterocycles. The van der Waals surface area contributed by atoms with Crippen LogP contribution in [-0.2, 0) is 14.8 Å². The maximum Gasteiger partial charge on any atom is 0.289 e. The molecule has 0 unspecified atom stereocenters. The number of hydrogen-bond donors (Lipinski definition) is 2. The number of primary amides is 1. The van der Waals surface area contributed by atoms with E-state index in [1.807, 2.05) is 0 Å². The molecule has 0 saturated carbocycles. The molecular weight excluding hydrogens is 322 g/mol. The predicted octanol–water partition coefficient (Wildman–Crippen LogP) is 1.18. The van der Waals surface area contributed by atoms with Gasteiger partial charge in [0.15, 0.2) is 0 Å². The van der Waals surface area contributed by atoms with E-state index in [0.29, 0.717) is 12.8 Å². The molecule has 21 heavy (non-hydrogen) atoms. The first-order chi connectivity index (χ1) is 9.74. The zero-order chi connectivity index (χ0) is 16.0. The summed E-state index contributed by atoms with van der Waals surface area (Å²) in [5.41, 5.74) is 4.48. The normalized spacial score (nSPS) is 11.3. The Labute approximate surface area is 126 Å². The monoisotopic (exact) mass is 335 g/mol. The minimum Gasteiger partial charge on any atom is -0.370 e. The SMILES string of the molecule is NC(=O)CCCCNS(=O)(=O)c1ccc(Cl)c([N+](=O)[O-])c1. The maximum atomic E-state index is 11.9. The van der Waals surface area contributed by atoms with Crippen molar-refractivity contribution in [2.75, 3.05) is 6.54 Å². The number of nitro benzene ring substituents is 1. The Balaban J connectivity index is 2.72. The van der Waals surface area contributed by atoms with Gasteiger partial charge in [-0.15, -0.1) is 0 Å². The molecule has 1 rings (SSSR count). The Morgan fingerprint density at radius 2 is 2.05 bits per heavy atom. The van der Waals surface area contributed by atoms with E-state index in [4.69, 9.17) is 17.3 Å². The Morgan fingerprint density at radius 1 is 1.38 bits per heavy atom. The Bertz CT molecular complexity index is 647. The van der Waals surface area contributed by atoms with Gasteiger partial charge in [0, 0.05) is 19.0 Å². The second-order valence-electron chi connectivity index (χ2n) is 4.19. The van der Waals surface area contributed by atoms with Crippen molar-refractivity contribution in [3.05, 3.63) is 33.3 Å².